The summed E-state index contributed by atoms with van der Waals surface area (Å²) in [4.78, 5) is 19.3. The molecule has 0 atom stereocenters. The molecule has 2 aromatic carbocycles. The molecule has 0 radical (unpaired) electrons. The predicted octanol–water partition coefficient (Wildman–Crippen LogP) is 3.63. The molecule has 7 nitrogen and oxygen atoms in total. The van der Waals surface area contributed by atoms with E-state index in [9.17, 15) is 10.1 Å². The first kappa shape index (κ1) is 20.3. The molecular weight excluding hydrogens is 390 g/mol. The third kappa shape index (κ3) is 4.36. The van der Waals surface area contributed by atoms with Crippen molar-refractivity contribution in [3.8, 4) is 34.6 Å². The second-order valence-electron chi connectivity index (χ2n) is 5.89. The van der Waals surface area contributed by atoms with Crippen molar-refractivity contribution in [1.82, 2.24) is 9.97 Å². The van der Waals surface area contributed by atoms with Crippen molar-refractivity contribution in [3.05, 3.63) is 63.9 Å². The molecule has 1 aromatic heterocycles. The second-order valence-corrected chi connectivity index (χ2v) is 6.69. The normalized spacial score (nSPS) is 10.3. The molecule has 3 rings (SSSR count). The molecule has 0 saturated carbocycles. The fourth-order valence-corrected chi connectivity index (χ4v) is 3.15. The number of hydrogen-bond donors (Lipinski definition) is 1. The lowest BCUT2D eigenvalue weighted by Gasteiger charge is -2.16. The average molecular weight is 409 g/mol. The Hall–Kier alpha value is -3.44. The van der Waals surface area contributed by atoms with Crippen molar-refractivity contribution in [2.24, 2.45) is 0 Å². The van der Waals surface area contributed by atoms with Crippen LogP contribution < -0.4 is 19.8 Å². The van der Waals surface area contributed by atoms with Gasteiger partial charge in [-0.3, -0.25) is 4.79 Å². The fourth-order valence-electron chi connectivity index (χ4n) is 2.77. The SMILES string of the molecule is COc1cc(-c2nc(SC)[nH]c(=O)c2C#N)cc(OCc2ccccc2)c1OC. The predicted molar refractivity (Wildman–Crippen MR) is 111 cm³/mol. The highest BCUT2D eigenvalue weighted by Gasteiger charge is 2.19. The summed E-state index contributed by atoms with van der Waals surface area (Å²) in [6.07, 6.45) is 1.79. The maximum Gasteiger partial charge on any atom is 0.270 e. The quantitative estimate of drug-likeness (QED) is 0.470. The Labute approximate surface area is 172 Å². The van der Waals surface area contributed by atoms with Crippen molar-refractivity contribution >= 4 is 11.8 Å². The highest BCUT2D eigenvalue weighted by Crippen LogP contribution is 2.41. The van der Waals surface area contributed by atoms with E-state index in [0.29, 0.717) is 34.6 Å². The van der Waals surface area contributed by atoms with Gasteiger partial charge in [-0.1, -0.05) is 42.1 Å². The Morgan fingerprint density at radius 1 is 1.14 bits per heavy atom. The molecule has 0 aliphatic rings. The zero-order chi connectivity index (χ0) is 20.8. The summed E-state index contributed by atoms with van der Waals surface area (Å²) >= 11 is 1.28. The Kier molecular flexibility index (Phi) is 6.42. The maximum absolute atomic E-state index is 12.3. The van der Waals surface area contributed by atoms with Gasteiger partial charge in [-0.15, -0.1) is 0 Å². The number of nitrogens with zero attached hydrogens (tertiary/aromatic N) is 2. The Morgan fingerprint density at radius 3 is 2.48 bits per heavy atom. The van der Waals surface area contributed by atoms with Crippen LogP contribution in [0.1, 0.15) is 11.1 Å². The molecule has 3 aromatic rings. The first-order chi connectivity index (χ1) is 14.1. The highest BCUT2D eigenvalue weighted by molar-refractivity contribution is 7.98. The molecule has 1 heterocycles. The van der Waals surface area contributed by atoms with Crippen LogP contribution in [0.5, 0.6) is 17.2 Å². The number of aromatic nitrogens is 2. The van der Waals surface area contributed by atoms with Gasteiger partial charge in [0.1, 0.15) is 18.2 Å². The molecule has 0 aliphatic carbocycles. The van der Waals surface area contributed by atoms with Crippen LogP contribution in [-0.4, -0.2) is 30.4 Å². The summed E-state index contributed by atoms with van der Waals surface area (Å²) in [6, 6.07) is 15.0. The van der Waals surface area contributed by atoms with Crippen molar-refractivity contribution in [2.75, 3.05) is 20.5 Å². The Morgan fingerprint density at radius 2 is 1.86 bits per heavy atom. The molecule has 0 fully saturated rings. The van der Waals surface area contributed by atoms with E-state index >= 15 is 0 Å². The number of hydrogen-bond acceptors (Lipinski definition) is 7. The summed E-state index contributed by atoms with van der Waals surface area (Å²) < 4.78 is 16.9. The summed E-state index contributed by atoms with van der Waals surface area (Å²) in [5.41, 5.74) is 1.18. The first-order valence-corrected chi connectivity index (χ1v) is 9.85. The van der Waals surface area contributed by atoms with Crippen LogP contribution in [0.4, 0.5) is 0 Å². The molecule has 0 aliphatic heterocycles. The minimum absolute atomic E-state index is 0.0796. The van der Waals surface area contributed by atoms with Gasteiger partial charge in [0, 0.05) is 5.56 Å². The van der Waals surface area contributed by atoms with Gasteiger partial charge in [0.05, 0.1) is 19.9 Å². The minimum Gasteiger partial charge on any atom is -0.493 e. The molecule has 29 heavy (non-hydrogen) atoms. The van der Waals surface area contributed by atoms with Gasteiger partial charge in [0.2, 0.25) is 5.75 Å². The summed E-state index contributed by atoms with van der Waals surface area (Å²) in [7, 11) is 3.03. The van der Waals surface area contributed by atoms with E-state index in [1.807, 2.05) is 36.4 Å². The van der Waals surface area contributed by atoms with E-state index in [0.717, 1.165) is 5.56 Å². The zero-order valence-corrected chi connectivity index (χ0v) is 17.0. The molecule has 0 amide bonds. The lowest BCUT2D eigenvalue weighted by atomic mass is 10.1. The molecule has 0 bridgehead atoms. The summed E-state index contributed by atoms with van der Waals surface area (Å²) in [5.74, 6) is 1.24. The van der Waals surface area contributed by atoms with Crippen molar-refractivity contribution in [3.63, 3.8) is 0 Å². The van der Waals surface area contributed by atoms with E-state index in [-0.39, 0.29) is 11.3 Å². The van der Waals surface area contributed by atoms with Crippen molar-refractivity contribution < 1.29 is 14.2 Å². The van der Waals surface area contributed by atoms with Crippen LogP contribution in [0.25, 0.3) is 11.3 Å². The summed E-state index contributed by atoms with van der Waals surface area (Å²) in [6.45, 7) is 0.313. The van der Waals surface area contributed by atoms with Gasteiger partial charge in [0.15, 0.2) is 16.7 Å². The Balaban J connectivity index is 2.12. The summed E-state index contributed by atoms with van der Waals surface area (Å²) in [5, 5.41) is 9.88. The number of nitrogens with one attached hydrogen (secondary N) is 1. The number of H-pyrrole nitrogens is 1. The van der Waals surface area contributed by atoms with E-state index in [1.165, 1.54) is 26.0 Å². The molecular formula is C21H19N3O4S. The standard InChI is InChI=1S/C21H19N3O4S/c1-26-16-9-14(18-15(11-22)20(25)24-21(23-18)29-3)10-17(19(16)27-2)28-12-13-7-5-4-6-8-13/h4-10H,12H2,1-3H3,(H,23,24,25). The largest absolute Gasteiger partial charge is 0.493 e. The van der Waals surface area contributed by atoms with Crippen LogP contribution in [0, 0.1) is 11.3 Å². The number of rotatable bonds is 7. The fraction of sp³-hybridized carbons (Fsp3) is 0.190. The second kappa shape index (κ2) is 9.17. The molecule has 1 N–H and O–H groups in total. The van der Waals surface area contributed by atoms with E-state index in [4.69, 9.17) is 14.2 Å². The third-order valence-electron chi connectivity index (χ3n) is 4.16. The van der Waals surface area contributed by atoms with Crippen LogP contribution in [0.2, 0.25) is 0 Å². The molecule has 0 saturated heterocycles. The van der Waals surface area contributed by atoms with Gasteiger partial charge in [-0.05, 0) is 24.0 Å². The topological polar surface area (TPSA) is 97.2 Å². The number of methoxy groups -OCH3 is 2. The maximum atomic E-state index is 12.3. The number of thioether (sulfide) groups is 1. The minimum atomic E-state index is -0.497. The molecule has 0 unspecified atom stereocenters. The smallest absolute Gasteiger partial charge is 0.270 e. The number of benzene rings is 2. The van der Waals surface area contributed by atoms with Crippen LogP contribution >= 0.6 is 11.8 Å². The number of aromatic amines is 1. The van der Waals surface area contributed by atoms with Gasteiger partial charge < -0.3 is 19.2 Å². The lowest BCUT2D eigenvalue weighted by Crippen LogP contribution is -2.14. The number of nitriles is 1. The molecule has 0 spiro atoms. The van der Waals surface area contributed by atoms with Gasteiger partial charge >= 0.3 is 0 Å². The van der Waals surface area contributed by atoms with Crippen LogP contribution in [0.15, 0.2) is 52.4 Å². The average Bonchev–Trinajstić information content (AvgIpc) is 2.76. The molecule has 8 heteroatoms. The zero-order valence-electron chi connectivity index (χ0n) is 16.2. The van der Waals surface area contributed by atoms with Gasteiger partial charge in [0.25, 0.3) is 5.56 Å². The van der Waals surface area contributed by atoms with Crippen LogP contribution in [0.3, 0.4) is 0 Å². The third-order valence-corrected chi connectivity index (χ3v) is 4.74. The lowest BCUT2D eigenvalue weighted by molar-refractivity contribution is 0.275. The van der Waals surface area contributed by atoms with Crippen LogP contribution in [-0.2, 0) is 6.61 Å². The highest BCUT2D eigenvalue weighted by atomic mass is 32.2. The van der Waals surface area contributed by atoms with Crippen molar-refractivity contribution in [1.29, 1.82) is 5.26 Å². The van der Waals surface area contributed by atoms with E-state index in [2.05, 4.69) is 9.97 Å². The molecule has 148 valence electrons. The van der Waals surface area contributed by atoms with Gasteiger partial charge in [-0.2, -0.15) is 5.26 Å². The monoisotopic (exact) mass is 409 g/mol. The van der Waals surface area contributed by atoms with Crippen molar-refractivity contribution in [2.45, 2.75) is 11.8 Å². The van der Waals surface area contributed by atoms with E-state index < -0.39 is 5.56 Å². The first-order valence-electron chi connectivity index (χ1n) is 8.62. The Bertz CT molecular complexity index is 1110. The van der Waals surface area contributed by atoms with E-state index in [1.54, 1.807) is 18.4 Å². The van der Waals surface area contributed by atoms with Gasteiger partial charge in [-0.25, -0.2) is 4.98 Å². The number of ether oxygens (including phenoxy) is 3.